The molecule has 40 heavy (non-hydrogen) atoms. The molecule has 3 fully saturated rings. The van der Waals surface area contributed by atoms with Crippen molar-refractivity contribution < 1.29 is 27.9 Å². The molecule has 10 heteroatoms. The first kappa shape index (κ1) is 26.0. The van der Waals surface area contributed by atoms with E-state index in [0.717, 1.165) is 23.3 Å². The number of carboxylic acid groups (broad SMARTS) is 1. The SMILES string of the molecule is N#Cc1cccc(-c2ccc(C(=O)NCC34CC(C(=O)O)(C3)C4)c3c(Sc4ccc(C(F)(F)F)cc4)c[nH]c23)c1. The predicted molar refractivity (Wildman–Crippen MR) is 143 cm³/mol. The van der Waals surface area contributed by atoms with Crippen LogP contribution in [0.15, 0.2) is 76.7 Å². The number of carboxylic acids is 1. The van der Waals surface area contributed by atoms with Gasteiger partial charge in [-0.25, -0.2) is 0 Å². The van der Waals surface area contributed by atoms with Crippen LogP contribution in [-0.4, -0.2) is 28.5 Å². The first-order valence-electron chi connectivity index (χ1n) is 12.5. The maximum atomic E-state index is 13.5. The lowest BCUT2D eigenvalue weighted by atomic mass is 9.35. The normalized spacial score (nSPS) is 21.2. The van der Waals surface area contributed by atoms with E-state index in [2.05, 4.69) is 16.4 Å². The Kier molecular flexibility index (Phi) is 5.96. The highest BCUT2D eigenvalue weighted by atomic mass is 32.2. The van der Waals surface area contributed by atoms with E-state index in [-0.39, 0.29) is 11.3 Å². The van der Waals surface area contributed by atoms with Crippen LogP contribution in [0.3, 0.4) is 0 Å². The number of nitriles is 1. The molecule has 0 radical (unpaired) electrons. The Bertz CT molecular complexity index is 1700. The summed E-state index contributed by atoms with van der Waals surface area (Å²) in [5.74, 6) is -1.10. The van der Waals surface area contributed by atoms with Crippen LogP contribution in [-0.2, 0) is 11.0 Å². The number of nitrogens with zero attached hydrogens (tertiary/aromatic N) is 1. The zero-order chi connectivity index (χ0) is 28.3. The first-order chi connectivity index (χ1) is 19.0. The first-order valence-corrected chi connectivity index (χ1v) is 13.4. The van der Waals surface area contributed by atoms with E-state index in [1.54, 1.807) is 36.5 Å². The van der Waals surface area contributed by atoms with Gasteiger partial charge in [0.05, 0.1) is 28.1 Å². The van der Waals surface area contributed by atoms with Gasteiger partial charge in [-0.1, -0.05) is 30.0 Å². The molecule has 3 saturated carbocycles. The molecule has 7 rings (SSSR count). The molecule has 4 aromatic rings. The van der Waals surface area contributed by atoms with Crippen LogP contribution >= 0.6 is 11.8 Å². The molecule has 0 unspecified atom stereocenters. The van der Waals surface area contributed by atoms with Crippen LogP contribution in [0.2, 0.25) is 0 Å². The minimum Gasteiger partial charge on any atom is -0.481 e. The van der Waals surface area contributed by atoms with E-state index in [1.165, 1.54) is 23.9 Å². The lowest BCUT2D eigenvalue weighted by Gasteiger charge is -2.68. The van der Waals surface area contributed by atoms with Gasteiger partial charge in [-0.05, 0) is 72.7 Å². The Balaban J connectivity index is 1.34. The third kappa shape index (κ3) is 4.31. The Hall–Kier alpha value is -4.23. The van der Waals surface area contributed by atoms with Crippen LogP contribution in [0.25, 0.3) is 22.0 Å². The summed E-state index contributed by atoms with van der Waals surface area (Å²) in [6, 6.07) is 17.6. The number of halogens is 3. The van der Waals surface area contributed by atoms with Crippen LogP contribution in [0, 0.1) is 22.2 Å². The van der Waals surface area contributed by atoms with Gasteiger partial charge in [0.2, 0.25) is 0 Å². The molecule has 3 N–H and O–H groups in total. The number of nitrogens with one attached hydrogen (secondary N) is 2. The average molecular weight is 562 g/mol. The number of rotatable bonds is 7. The number of hydrogen-bond acceptors (Lipinski definition) is 4. The van der Waals surface area contributed by atoms with Gasteiger partial charge in [0.1, 0.15) is 0 Å². The summed E-state index contributed by atoms with van der Waals surface area (Å²) in [5.41, 5.74) is 1.52. The molecule has 1 aromatic heterocycles. The highest BCUT2D eigenvalue weighted by Crippen LogP contribution is 2.73. The molecular weight excluding hydrogens is 539 g/mol. The molecule has 6 nitrogen and oxygen atoms in total. The number of amides is 1. The second kappa shape index (κ2) is 9.17. The predicted octanol–water partition coefficient (Wildman–Crippen LogP) is 6.86. The zero-order valence-corrected chi connectivity index (χ0v) is 21.7. The summed E-state index contributed by atoms with van der Waals surface area (Å²) in [5, 5.41) is 22.3. The van der Waals surface area contributed by atoms with Crippen molar-refractivity contribution in [3.05, 3.63) is 83.6 Å². The summed E-state index contributed by atoms with van der Waals surface area (Å²) in [7, 11) is 0. The zero-order valence-electron chi connectivity index (χ0n) is 20.9. The van der Waals surface area contributed by atoms with E-state index in [1.807, 2.05) is 6.07 Å². The number of benzene rings is 3. The number of fused-ring (bicyclic) bond motifs is 1. The molecule has 1 amide bonds. The summed E-state index contributed by atoms with van der Waals surface area (Å²) in [6.45, 7) is 0.375. The quantitative estimate of drug-likeness (QED) is 0.229. The molecule has 3 aliphatic carbocycles. The van der Waals surface area contributed by atoms with Gasteiger partial charge >= 0.3 is 12.1 Å². The number of hydrogen-bond donors (Lipinski definition) is 3. The maximum absolute atomic E-state index is 13.5. The van der Waals surface area contributed by atoms with Gasteiger partial charge in [-0.2, -0.15) is 18.4 Å². The number of alkyl halides is 3. The maximum Gasteiger partial charge on any atom is 0.416 e. The third-order valence-corrected chi connectivity index (χ3v) is 9.02. The Morgan fingerprint density at radius 3 is 2.45 bits per heavy atom. The van der Waals surface area contributed by atoms with Crippen molar-refractivity contribution in [3.63, 3.8) is 0 Å². The van der Waals surface area contributed by atoms with Gasteiger partial charge < -0.3 is 15.4 Å². The average Bonchev–Trinajstić information content (AvgIpc) is 3.29. The van der Waals surface area contributed by atoms with Crippen molar-refractivity contribution in [2.24, 2.45) is 10.8 Å². The van der Waals surface area contributed by atoms with Crippen LogP contribution in [0.4, 0.5) is 13.2 Å². The van der Waals surface area contributed by atoms with E-state index in [4.69, 9.17) is 0 Å². The largest absolute Gasteiger partial charge is 0.481 e. The van der Waals surface area contributed by atoms with Crippen molar-refractivity contribution in [1.29, 1.82) is 5.26 Å². The molecule has 3 aliphatic rings. The number of aliphatic carboxylic acids is 1. The standard InChI is InChI=1S/C30H22F3N3O3S/c31-30(32,33)19-4-6-20(7-5-19)40-23-12-35-25-21(18-3-1-2-17(10-18)11-34)8-9-22(24(23)25)26(37)36-16-28-13-29(14-28,15-28)27(38)39/h1-10,12,35H,13-16H2,(H,36,37)(H,38,39). The summed E-state index contributed by atoms with van der Waals surface area (Å²) >= 11 is 1.24. The fraction of sp³-hybridized carbons (Fsp3) is 0.233. The fourth-order valence-electron chi connectivity index (χ4n) is 6.10. The molecule has 202 valence electrons. The minimum absolute atomic E-state index is 0.180. The number of aromatic nitrogens is 1. The molecule has 1 heterocycles. The number of carbonyl (C=O) groups is 2. The molecule has 3 aromatic carbocycles. The second-order valence-electron chi connectivity index (χ2n) is 10.7. The second-order valence-corrected chi connectivity index (χ2v) is 11.8. The lowest BCUT2D eigenvalue weighted by Crippen LogP contribution is -2.68. The van der Waals surface area contributed by atoms with E-state index < -0.39 is 23.1 Å². The van der Waals surface area contributed by atoms with Gasteiger partial charge in [0.15, 0.2) is 0 Å². The van der Waals surface area contributed by atoms with Crippen molar-refractivity contribution in [2.75, 3.05) is 6.54 Å². The Morgan fingerprint density at radius 1 is 1.07 bits per heavy atom. The molecular formula is C30H22F3N3O3S. The van der Waals surface area contributed by atoms with E-state index in [0.29, 0.717) is 57.6 Å². The third-order valence-electron chi connectivity index (χ3n) is 7.97. The topological polar surface area (TPSA) is 106 Å². The smallest absolute Gasteiger partial charge is 0.416 e. The highest BCUT2D eigenvalue weighted by molar-refractivity contribution is 7.99. The fourth-order valence-corrected chi connectivity index (χ4v) is 7.06. The van der Waals surface area contributed by atoms with Gasteiger partial charge in [0, 0.05) is 39.0 Å². The van der Waals surface area contributed by atoms with Gasteiger partial charge in [-0.15, -0.1) is 0 Å². The monoisotopic (exact) mass is 561 g/mol. The molecule has 0 spiro atoms. The summed E-state index contributed by atoms with van der Waals surface area (Å²) < 4.78 is 39.2. The molecule has 0 aliphatic heterocycles. The van der Waals surface area contributed by atoms with Crippen LogP contribution in [0.5, 0.6) is 0 Å². The molecule has 0 saturated heterocycles. The van der Waals surface area contributed by atoms with Crippen molar-refractivity contribution in [2.45, 2.75) is 35.2 Å². The molecule has 0 atom stereocenters. The van der Waals surface area contributed by atoms with E-state index >= 15 is 0 Å². The number of aromatic amines is 1. The number of carbonyl (C=O) groups excluding carboxylic acids is 1. The molecule has 2 bridgehead atoms. The number of H-pyrrole nitrogens is 1. The van der Waals surface area contributed by atoms with E-state index in [9.17, 15) is 33.1 Å². The van der Waals surface area contributed by atoms with Crippen molar-refractivity contribution >= 4 is 34.5 Å². The van der Waals surface area contributed by atoms with Gasteiger partial charge in [0.25, 0.3) is 5.91 Å². The van der Waals surface area contributed by atoms with Crippen molar-refractivity contribution in [3.8, 4) is 17.2 Å². The Morgan fingerprint density at radius 2 is 1.80 bits per heavy atom. The Labute approximate surface area is 231 Å². The lowest BCUT2D eigenvalue weighted by molar-refractivity contribution is -0.219. The highest BCUT2D eigenvalue weighted by Gasteiger charge is 2.71. The summed E-state index contributed by atoms with van der Waals surface area (Å²) in [6.07, 6.45) is -1.05. The van der Waals surface area contributed by atoms with Crippen molar-refractivity contribution in [1.82, 2.24) is 10.3 Å². The van der Waals surface area contributed by atoms with Crippen LogP contribution in [0.1, 0.15) is 40.7 Å². The van der Waals surface area contributed by atoms with Crippen LogP contribution < -0.4 is 5.32 Å². The minimum atomic E-state index is -4.44. The van der Waals surface area contributed by atoms with Gasteiger partial charge in [-0.3, -0.25) is 9.59 Å². The summed E-state index contributed by atoms with van der Waals surface area (Å²) in [4.78, 5) is 29.4.